The Labute approximate surface area is 166 Å². The molecule has 0 saturated carbocycles. The van der Waals surface area contributed by atoms with Gasteiger partial charge < -0.3 is 14.8 Å². The maximum Gasteiger partial charge on any atom is 0.271 e. The second-order valence-corrected chi connectivity index (χ2v) is 7.27. The minimum absolute atomic E-state index is 0.0325. The summed E-state index contributed by atoms with van der Waals surface area (Å²) >= 11 is 0. The third-order valence-electron chi connectivity index (χ3n) is 5.63. The monoisotopic (exact) mass is 391 g/mol. The van der Waals surface area contributed by atoms with Crippen molar-refractivity contribution in [2.75, 3.05) is 37.6 Å². The molecule has 0 bridgehead atoms. The summed E-state index contributed by atoms with van der Waals surface area (Å²) < 4.78 is 0. The van der Waals surface area contributed by atoms with Gasteiger partial charge in [-0.2, -0.15) is 5.10 Å². The molecule has 0 aliphatic carbocycles. The topological polar surface area (TPSA) is 107 Å². The molecule has 2 aromatic heterocycles. The van der Waals surface area contributed by atoms with E-state index in [1.807, 2.05) is 6.07 Å². The molecule has 0 unspecified atom stereocenters. The van der Waals surface area contributed by atoms with Crippen LogP contribution in [0.3, 0.4) is 0 Å². The number of aromatic nitrogens is 4. The van der Waals surface area contributed by atoms with Gasteiger partial charge in [-0.15, -0.1) is 0 Å². The number of fused-ring (bicyclic) bond motifs is 2. The number of rotatable bonds is 4. The Kier molecular flexibility index (Phi) is 4.17. The quantitative estimate of drug-likeness (QED) is 0.409. The van der Waals surface area contributed by atoms with Crippen molar-refractivity contribution in [3.8, 4) is 11.5 Å². The fourth-order valence-electron chi connectivity index (χ4n) is 3.93. The number of benzene rings is 2. The first-order chi connectivity index (χ1) is 14.1. The van der Waals surface area contributed by atoms with E-state index in [1.165, 1.54) is 17.8 Å². The van der Waals surface area contributed by atoms with Gasteiger partial charge in [-0.25, -0.2) is 4.98 Å². The van der Waals surface area contributed by atoms with E-state index in [4.69, 9.17) is 0 Å². The minimum Gasteiger partial charge on any atom is -0.369 e. The van der Waals surface area contributed by atoms with E-state index in [0.29, 0.717) is 17.0 Å². The molecule has 148 valence electrons. The Morgan fingerprint density at radius 1 is 1.10 bits per heavy atom. The Hall–Kier alpha value is -3.46. The normalized spacial score (nSPS) is 15.4. The first kappa shape index (κ1) is 17.6. The summed E-state index contributed by atoms with van der Waals surface area (Å²) in [6, 6.07) is 10.9. The van der Waals surface area contributed by atoms with E-state index >= 15 is 0 Å². The molecule has 0 radical (unpaired) electrons. The Bertz CT molecular complexity index is 1200. The van der Waals surface area contributed by atoms with Gasteiger partial charge in [0.25, 0.3) is 5.69 Å². The van der Waals surface area contributed by atoms with Gasteiger partial charge in [0.15, 0.2) is 5.82 Å². The summed E-state index contributed by atoms with van der Waals surface area (Å²) in [6.45, 7) is 7.48. The van der Waals surface area contributed by atoms with Crippen LogP contribution in [0.4, 0.5) is 11.4 Å². The van der Waals surface area contributed by atoms with Crippen LogP contribution in [0.25, 0.3) is 33.5 Å². The number of aromatic amines is 2. The van der Waals surface area contributed by atoms with Gasteiger partial charge in [0, 0.05) is 49.4 Å². The van der Waals surface area contributed by atoms with Gasteiger partial charge in [0.2, 0.25) is 0 Å². The summed E-state index contributed by atoms with van der Waals surface area (Å²) in [5, 5.41) is 19.0. The van der Waals surface area contributed by atoms with E-state index in [-0.39, 0.29) is 5.69 Å². The number of likely N-dealkylation sites (N-methyl/N-ethyl adjacent to an activating group) is 1. The number of anilines is 1. The summed E-state index contributed by atoms with van der Waals surface area (Å²) in [6.07, 6.45) is 0. The lowest BCUT2D eigenvalue weighted by Gasteiger charge is -2.35. The second-order valence-electron chi connectivity index (χ2n) is 7.27. The van der Waals surface area contributed by atoms with Gasteiger partial charge in [-0.1, -0.05) is 6.92 Å². The molecule has 2 aromatic carbocycles. The van der Waals surface area contributed by atoms with Crippen molar-refractivity contribution < 1.29 is 4.92 Å². The largest absolute Gasteiger partial charge is 0.369 e. The van der Waals surface area contributed by atoms with Crippen molar-refractivity contribution in [3.63, 3.8) is 0 Å². The summed E-state index contributed by atoms with van der Waals surface area (Å²) in [4.78, 5) is 23.5. The highest BCUT2D eigenvalue weighted by Gasteiger charge is 2.18. The molecular formula is C20H21N7O2. The summed E-state index contributed by atoms with van der Waals surface area (Å²) in [7, 11) is 0. The molecule has 2 N–H and O–H groups in total. The molecule has 1 fully saturated rings. The maximum absolute atomic E-state index is 11.0. The van der Waals surface area contributed by atoms with Crippen molar-refractivity contribution in [1.82, 2.24) is 25.1 Å². The van der Waals surface area contributed by atoms with Crippen molar-refractivity contribution in [2.24, 2.45) is 0 Å². The molecule has 5 rings (SSSR count). The van der Waals surface area contributed by atoms with Gasteiger partial charge >= 0.3 is 0 Å². The van der Waals surface area contributed by atoms with Crippen LogP contribution in [0.15, 0.2) is 36.4 Å². The first-order valence-corrected chi connectivity index (χ1v) is 9.72. The van der Waals surface area contributed by atoms with Crippen LogP contribution in [0.2, 0.25) is 0 Å². The zero-order valence-corrected chi connectivity index (χ0v) is 16.1. The number of hydrogen-bond donors (Lipinski definition) is 2. The zero-order valence-electron chi connectivity index (χ0n) is 16.1. The number of imidazole rings is 1. The second kappa shape index (κ2) is 6.85. The minimum atomic E-state index is -0.414. The Morgan fingerprint density at radius 3 is 2.69 bits per heavy atom. The molecule has 1 aliphatic rings. The number of nitro groups is 1. The van der Waals surface area contributed by atoms with E-state index in [1.54, 1.807) is 6.07 Å². The van der Waals surface area contributed by atoms with E-state index in [9.17, 15) is 10.1 Å². The maximum atomic E-state index is 11.0. The molecule has 0 atom stereocenters. The van der Waals surface area contributed by atoms with Crippen LogP contribution in [0.1, 0.15) is 6.92 Å². The lowest BCUT2D eigenvalue weighted by molar-refractivity contribution is -0.384. The van der Waals surface area contributed by atoms with E-state index in [0.717, 1.165) is 49.1 Å². The van der Waals surface area contributed by atoms with Crippen LogP contribution < -0.4 is 4.90 Å². The Morgan fingerprint density at radius 2 is 1.93 bits per heavy atom. The molecule has 0 spiro atoms. The van der Waals surface area contributed by atoms with E-state index < -0.39 is 4.92 Å². The molecule has 4 aromatic rings. The fourth-order valence-corrected chi connectivity index (χ4v) is 3.93. The number of nitro benzene ring substituents is 1. The average molecular weight is 391 g/mol. The molecule has 1 saturated heterocycles. The third-order valence-corrected chi connectivity index (χ3v) is 5.63. The molecule has 9 nitrogen and oxygen atoms in total. The lowest BCUT2D eigenvalue weighted by atomic mass is 10.2. The summed E-state index contributed by atoms with van der Waals surface area (Å²) in [5.74, 6) is 0.646. The lowest BCUT2D eigenvalue weighted by Crippen LogP contribution is -2.46. The molecule has 29 heavy (non-hydrogen) atoms. The first-order valence-electron chi connectivity index (χ1n) is 9.72. The standard InChI is InChI=1S/C20H21N7O2/c1-2-25-7-9-26(10-8-25)13-4-6-16-18(11-13)22-20(21-16)19-15-5-3-14(27(28)29)12-17(15)23-24-19/h3-6,11-12H,2,7-10H2,1H3,(H,21,22)(H,23,24). The third kappa shape index (κ3) is 3.09. The van der Waals surface area contributed by atoms with Crippen LogP contribution in [0, 0.1) is 10.1 Å². The van der Waals surface area contributed by atoms with E-state index in [2.05, 4.69) is 49.0 Å². The number of hydrogen-bond acceptors (Lipinski definition) is 6. The number of piperazine rings is 1. The van der Waals surface area contributed by atoms with Crippen molar-refractivity contribution in [3.05, 3.63) is 46.5 Å². The van der Waals surface area contributed by atoms with Crippen LogP contribution in [-0.4, -0.2) is 62.7 Å². The van der Waals surface area contributed by atoms with Gasteiger partial charge in [0.1, 0.15) is 5.69 Å². The number of non-ortho nitro benzene ring substituents is 1. The van der Waals surface area contributed by atoms with Crippen LogP contribution >= 0.6 is 0 Å². The van der Waals surface area contributed by atoms with Crippen LogP contribution in [-0.2, 0) is 0 Å². The molecule has 3 heterocycles. The predicted octanol–water partition coefficient (Wildman–Crippen LogP) is 3.16. The smallest absolute Gasteiger partial charge is 0.271 e. The average Bonchev–Trinajstić information content (AvgIpc) is 3.36. The van der Waals surface area contributed by atoms with Crippen molar-refractivity contribution in [1.29, 1.82) is 0 Å². The van der Waals surface area contributed by atoms with Gasteiger partial charge in [-0.3, -0.25) is 15.2 Å². The molecular weight excluding hydrogens is 370 g/mol. The Balaban J connectivity index is 1.47. The van der Waals surface area contributed by atoms with Crippen molar-refractivity contribution in [2.45, 2.75) is 6.92 Å². The molecule has 9 heteroatoms. The highest BCUT2D eigenvalue weighted by Crippen LogP contribution is 2.30. The number of nitrogens with one attached hydrogen (secondary N) is 2. The highest BCUT2D eigenvalue weighted by molar-refractivity contribution is 5.94. The number of H-pyrrole nitrogens is 2. The molecule has 0 amide bonds. The van der Waals surface area contributed by atoms with Crippen molar-refractivity contribution >= 4 is 33.3 Å². The van der Waals surface area contributed by atoms with Crippen LogP contribution in [0.5, 0.6) is 0 Å². The highest BCUT2D eigenvalue weighted by atomic mass is 16.6. The summed E-state index contributed by atoms with van der Waals surface area (Å²) in [5.41, 5.74) is 4.31. The number of nitrogens with zero attached hydrogens (tertiary/aromatic N) is 5. The predicted molar refractivity (Wildman–Crippen MR) is 112 cm³/mol. The molecule has 1 aliphatic heterocycles. The van der Waals surface area contributed by atoms with Gasteiger partial charge in [0.05, 0.1) is 21.5 Å². The SMILES string of the molecule is CCN1CCN(c2ccc3nc(-c4n[nH]c5cc([N+](=O)[O-])ccc45)[nH]c3c2)CC1. The van der Waals surface area contributed by atoms with Gasteiger partial charge in [-0.05, 0) is 30.8 Å². The zero-order chi connectivity index (χ0) is 20.0. The fraction of sp³-hybridized carbons (Fsp3) is 0.300.